The van der Waals surface area contributed by atoms with Gasteiger partial charge in [-0.3, -0.25) is 19.2 Å². The zero-order valence-corrected chi connectivity index (χ0v) is 42.1. The first-order chi connectivity index (χ1) is 32.1. The second kappa shape index (κ2) is 21.8. The first kappa shape index (κ1) is 51.9. The number of nitrogens with zero attached hydrogens (tertiary/aromatic N) is 3. The van der Waals surface area contributed by atoms with Crippen LogP contribution in [0.5, 0.6) is 11.5 Å². The average Bonchev–Trinajstić information content (AvgIpc) is 3.92. The molecule has 4 N–H and O–H groups in total. The Hall–Kier alpha value is -5.53. The maximum Gasteiger partial charge on any atom is 0.251 e. The number of aryl methyl sites for hydroxylation is 1. The van der Waals surface area contributed by atoms with Gasteiger partial charge in [0.05, 0.1) is 45.5 Å². The van der Waals surface area contributed by atoms with Gasteiger partial charge in [0.2, 0.25) is 17.7 Å². The molecule has 6 rings (SSSR count). The molecule has 1 saturated carbocycles. The number of aromatic nitrogens is 1. The molecule has 4 amide bonds. The number of halogens is 1. The lowest BCUT2D eigenvalue weighted by molar-refractivity contribution is -0.164. The number of β-amino-alcohol motifs (C(OH)–C–C–N with tert-alkyl or cyclic N) is 1. The van der Waals surface area contributed by atoms with Crippen LogP contribution >= 0.6 is 22.9 Å². The summed E-state index contributed by atoms with van der Waals surface area (Å²) in [5.41, 5.74) is 4.12. The molecule has 364 valence electrons. The Bertz CT molecular complexity index is 2450. The van der Waals surface area contributed by atoms with Gasteiger partial charge in [0.15, 0.2) is 0 Å². The summed E-state index contributed by atoms with van der Waals surface area (Å²) in [6, 6.07) is 20.0. The van der Waals surface area contributed by atoms with Crippen molar-refractivity contribution in [2.24, 2.45) is 16.2 Å². The number of hydrogen-bond donors (Lipinski definition) is 4. The fraction of sp³-hybridized carbons (Fsp3) is 0.500. The Morgan fingerprint density at radius 3 is 2.29 bits per heavy atom. The molecule has 4 atom stereocenters. The lowest BCUT2D eigenvalue weighted by Crippen LogP contribution is -2.74. The summed E-state index contributed by atoms with van der Waals surface area (Å²) in [5.74, 6) is -0.237. The summed E-state index contributed by atoms with van der Waals surface area (Å²) < 4.78 is 18.2. The third kappa shape index (κ3) is 12.4. The number of nitrogens with one attached hydrogen (secondary N) is 3. The number of aliphatic hydroxyl groups is 1. The van der Waals surface area contributed by atoms with Gasteiger partial charge in [0.1, 0.15) is 42.4 Å². The summed E-state index contributed by atoms with van der Waals surface area (Å²) in [6.45, 7) is 18.1. The molecular weight excluding hydrogens is 904 g/mol. The van der Waals surface area contributed by atoms with E-state index in [1.54, 1.807) is 53.8 Å². The number of thiazole rings is 1. The number of amides is 4. The van der Waals surface area contributed by atoms with Gasteiger partial charge in [-0.05, 0) is 86.1 Å². The number of ether oxygens (including phenoxy) is 3. The standard InChI is InChI=1S/C52H65ClN6O8S/c1-31(12-10-11-23-65-38-20-17-35(18-21-38)45(62)58-48-51(6,7)49(52(48,8)9)67-39-22-19-36(26-54)40(53)25-39)66-29-42(61)57-44(50(3,4)5)47(64)59-28-37(60)24-41(59)46(63)55-27-33-13-15-34(16-14-33)43-32(2)56-30-68-43/h13-22,25,30-31,37,41,44,48-49,60H,10-12,23-24,27-29H2,1-9H3,(H,55,63)(H,57,61)(H,58,62)/t31-,37-,41+,44-,48?,49?/m1/s1. The van der Waals surface area contributed by atoms with Gasteiger partial charge >= 0.3 is 0 Å². The SMILES string of the molecule is Cc1ncsc1-c1ccc(CNC(=O)[C@@H]2C[C@@H](O)CN2C(=O)[C@@H](NC(=O)CO[C@H](C)CCCCOc2ccc(C(=O)NC3C(C)(C)C(Oc4ccc(C#N)c(Cl)c4)C3(C)C)cc2)C(C)(C)C)cc1. The van der Waals surface area contributed by atoms with Crippen LogP contribution < -0.4 is 25.4 Å². The highest BCUT2D eigenvalue weighted by Crippen LogP contribution is 2.55. The maximum absolute atomic E-state index is 14.0. The van der Waals surface area contributed by atoms with Gasteiger partial charge in [-0.25, -0.2) is 4.98 Å². The molecule has 1 saturated heterocycles. The van der Waals surface area contributed by atoms with E-state index in [-0.39, 0.29) is 56.2 Å². The van der Waals surface area contributed by atoms with Crippen molar-refractivity contribution in [2.75, 3.05) is 19.8 Å². The summed E-state index contributed by atoms with van der Waals surface area (Å²) in [6.07, 6.45) is 0.965. The molecule has 14 nitrogen and oxygen atoms in total. The predicted molar refractivity (Wildman–Crippen MR) is 262 cm³/mol. The van der Waals surface area contributed by atoms with E-state index in [1.165, 1.54) is 4.90 Å². The number of carbonyl (C=O) groups is 4. The van der Waals surface area contributed by atoms with Gasteiger partial charge in [-0.15, -0.1) is 11.3 Å². The fourth-order valence-electron chi connectivity index (χ4n) is 9.52. The molecule has 0 unspecified atom stereocenters. The quantitative estimate of drug-likeness (QED) is 0.0670. The number of aliphatic hydroxyl groups excluding tert-OH is 1. The average molecular weight is 970 g/mol. The lowest BCUT2D eigenvalue weighted by atomic mass is 9.49. The molecular formula is C52H65ClN6O8S. The van der Waals surface area contributed by atoms with Crippen molar-refractivity contribution in [2.45, 2.75) is 131 Å². The Balaban J connectivity index is 0.895. The molecule has 16 heteroatoms. The molecule has 1 aromatic heterocycles. The Morgan fingerprint density at radius 1 is 1.00 bits per heavy atom. The van der Waals surface area contributed by atoms with E-state index in [0.29, 0.717) is 40.7 Å². The highest BCUT2D eigenvalue weighted by molar-refractivity contribution is 7.13. The van der Waals surface area contributed by atoms with E-state index in [0.717, 1.165) is 34.5 Å². The van der Waals surface area contributed by atoms with Crippen molar-refractivity contribution >= 4 is 46.6 Å². The molecule has 1 aliphatic heterocycles. The minimum absolute atomic E-state index is 0.0160. The van der Waals surface area contributed by atoms with Crippen LogP contribution in [0.4, 0.5) is 0 Å². The minimum Gasteiger partial charge on any atom is -0.494 e. The number of hydrogen-bond acceptors (Lipinski definition) is 11. The summed E-state index contributed by atoms with van der Waals surface area (Å²) in [4.78, 5) is 60.9. The first-order valence-electron chi connectivity index (χ1n) is 23.2. The van der Waals surface area contributed by atoms with Crippen LogP contribution in [0.15, 0.2) is 72.2 Å². The molecule has 0 radical (unpaired) electrons. The van der Waals surface area contributed by atoms with Crippen LogP contribution in [0, 0.1) is 34.5 Å². The fourth-order valence-corrected chi connectivity index (χ4v) is 10.5. The van der Waals surface area contributed by atoms with E-state index in [2.05, 4.69) is 54.7 Å². The molecule has 3 aromatic carbocycles. The molecule has 1 aliphatic carbocycles. The van der Waals surface area contributed by atoms with Crippen molar-refractivity contribution in [3.63, 3.8) is 0 Å². The normalized spacial score (nSPS) is 20.3. The van der Waals surface area contributed by atoms with Crippen molar-refractivity contribution in [1.82, 2.24) is 25.8 Å². The number of likely N-dealkylation sites (tertiary alicyclic amines) is 1. The summed E-state index contributed by atoms with van der Waals surface area (Å²) in [7, 11) is 0. The van der Waals surface area contributed by atoms with Gasteiger partial charge in [-0.2, -0.15) is 5.26 Å². The first-order valence-corrected chi connectivity index (χ1v) is 24.4. The molecule has 2 heterocycles. The van der Waals surface area contributed by atoms with Crippen molar-refractivity contribution in [3.8, 4) is 28.0 Å². The second-order valence-electron chi connectivity index (χ2n) is 20.2. The largest absolute Gasteiger partial charge is 0.494 e. The van der Waals surface area contributed by atoms with Crippen molar-refractivity contribution in [3.05, 3.63) is 99.6 Å². The minimum atomic E-state index is -0.962. The Morgan fingerprint density at radius 2 is 1.68 bits per heavy atom. The van der Waals surface area contributed by atoms with Crippen LogP contribution in [0.3, 0.4) is 0 Å². The summed E-state index contributed by atoms with van der Waals surface area (Å²) in [5, 5.41) is 29.1. The third-order valence-electron chi connectivity index (χ3n) is 13.0. The topological polar surface area (TPSA) is 192 Å². The summed E-state index contributed by atoms with van der Waals surface area (Å²) >= 11 is 7.81. The zero-order chi connectivity index (χ0) is 49.6. The van der Waals surface area contributed by atoms with E-state index in [4.69, 9.17) is 25.8 Å². The Kier molecular flexibility index (Phi) is 16.6. The third-order valence-corrected chi connectivity index (χ3v) is 14.3. The van der Waals surface area contributed by atoms with Crippen LogP contribution in [-0.2, 0) is 25.7 Å². The van der Waals surface area contributed by atoms with Crippen molar-refractivity contribution in [1.29, 1.82) is 5.26 Å². The lowest BCUT2D eigenvalue weighted by Gasteiger charge is -2.63. The molecule has 0 spiro atoms. The van der Waals surface area contributed by atoms with E-state index in [1.807, 2.05) is 64.4 Å². The van der Waals surface area contributed by atoms with E-state index >= 15 is 0 Å². The highest BCUT2D eigenvalue weighted by atomic mass is 35.5. The van der Waals surface area contributed by atoms with Gasteiger partial charge in [-0.1, -0.05) is 84.3 Å². The van der Waals surface area contributed by atoms with Crippen LogP contribution in [0.2, 0.25) is 5.02 Å². The van der Waals surface area contributed by atoms with E-state index in [9.17, 15) is 29.5 Å². The molecule has 2 fully saturated rings. The second-order valence-corrected chi connectivity index (χ2v) is 21.5. The van der Waals surface area contributed by atoms with Crippen molar-refractivity contribution < 1.29 is 38.5 Å². The van der Waals surface area contributed by atoms with Crippen LogP contribution in [-0.4, -0.2) is 94.8 Å². The van der Waals surface area contributed by atoms with Gasteiger partial charge in [0, 0.05) is 48.0 Å². The monoisotopic (exact) mass is 968 g/mol. The van der Waals surface area contributed by atoms with Gasteiger partial charge < -0.3 is 40.2 Å². The predicted octanol–water partition coefficient (Wildman–Crippen LogP) is 8.02. The van der Waals surface area contributed by atoms with Gasteiger partial charge in [0.25, 0.3) is 5.91 Å². The van der Waals surface area contributed by atoms with E-state index < -0.39 is 46.2 Å². The highest BCUT2D eigenvalue weighted by Gasteiger charge is 2.64. The maximum atomic E-state index is 14.0. The number of carbonyl (C=O) groups excluding carboxylic acids is 4. The number of nitriles is 1. The molecule has 4 aromatic rings. The Labute approximate surface area is 409 Å². The molecule has 2 aliphatic rings. The zero-order valence-electron chi connectivity index (χ0n) is 40.5. The van der Waals surface area contributed by atoms with Crippen LogP contribution in [0.25, 0.3) is 10.4 Å². The molecule has 0 bridgehead atoms. The number of unbranched alkanes of at least 4 members (excludes halogenated alkanes) is 1. The molecule has 68 heavy (non-hydrogen) atoms. The smallest absolute Gasteiger partial charge is 0.251 e. The van der Waals surface area contributed by atoms with Crippen LogP contribution in [0.1, 0.15) is 108 Å². The number of rotatable bonds is 19. The number of benzene rings is 3.